The molecule has 0 bridgehead atoms. The van der Waals surface area contributed by atoms with Gasteiger partial charge in [0.1, 0.15) is 29.4 Å². The summed E-state index contributed by atoms with van der Waals surface area (Å²) in [5, 5.41) is 12.5. The van der Waals surface area contributed by atoms with Crippen molar-refractivity contribution >= 4 is 22.2 Å². The molecular formula is C21H22F6N8O2S. The molecule has 3 aromatic rings. The van der Waals surface area contributed by atoms with Crippen molar-refractivity contribution in [3.05, 3.63) is 35.4 Å². The van der Waals surface area contributed by atoms with E-state index in [-0.39, 0.29) is 61.4 Å². The average molecular weight is 565 g/mol. The van der Waals surface area contributed by atoms with Crippen LogP contribution < -0.4 is 4.90 Å². The largest absolute Gasteiger partial charge is 0.451 e. The molecular weight excluding hydrogens is 542 g/mol. The van der Waals surface area contributed by atoms with Gasteiger partial charge < -0.3 is 14.9 Å². The van der Waals surface area contributed by atoms with Gasteiger partial charge in [-0.25, -0.2) is 24.6 Å². The molecule has 17 heteroatoms. The van der Waals surface area contributed by atoms with Gasteiger partial charge in [-0.05, 0) is 6.42 Å². The minimum Gasteiger partial charge on any atom is -0.396 e. The number of piperazine rings is 1. The Morgan fingerprint density at radius 2 is 1.82 bits per heavy atom. The molecule has 0 unspecified atom stereocenters. The number of aryl methyl sites for hydroxylation is 1. The predicted molar refractivity (Wildman–Crippen MR) is 122 cm³/mol. The van der Waals surface area contributed by atoms with Crippen molar-refractivity contribution < 1.29 is 36.2 Å². The Labute approximate surface area is 216 Å². The van der Waals surface area contributed by atoms with Gasteiger partial charge in [0.2, 0.25) is 16.7 Å². The summed E-state index contributed by atoms with van der Waals surface area (Å²) in [5.41, 5.74) is -0.330. The van der Waals surface area contributed by atoms with Crippen LogP contribution in [0, 0.1) is 0 Å². The number of anilines is 1. The minimum atomic E-state index is -4.81. The molecule has 4 heterocycles. The van der Waals surface area contributed by atoms with Gasteiger partial charge in [0.25, 0.3) is 0 Å². The topological polar surface area (TPSA) is 113 Å². The molecule has 4 rings (SSSR count). The summed E-state index contributed by atoms with van der Waals surface area (Å²) in [4.78, 5) is 30.4. The third-order valence-electron chi connectivity index (χ3n) is 5.88. The Morgan fingerprint density at radius 3 is 2.42 bits per heavy atom. The van der Waals surface area contributed by atoms with Crippen molar-refractivity contribution in [2.24, 2.45) is 0 Å². The normalized spacial score (nSPS) is 16.8. The van der Waals surface area contributed by atoms with Crippen LogP contribution in [-0.2, 0) is 30.1 Å². The number of thiazole rings is 1. The second-order valence-electron chi connectivity index (χ2n) is 8.35. The van der Waals surface area contributed by atoms with Crippen LogP contribution in [0.1, 0.15) is 30.0 Å². The highest BCUT2D eigenvalue weighted by molar-refractivity contribution is 7.16. The van der Waals surface area contributed by atoms with Gasteiger partial charge in [0.15, 0.2) is 0 Å². The first-order chi connectivity index (χ1) is 17.9. The lowest BCUT2D eigenvalue weighted by atomic mass is 10.1. The lowest BCUT2D eigenvalue weighted by Gasteiger charge is -2.42. The number of aliphatic hydroxyl groups is 1. The van der Waals surface area contributed by atoms with Gasteiger partial charge in [-0.1, -0.05) is 18.3 Å². The number of nitrogens with zero attached hydrogens (tertiary/aromatic N) is 8. The van der Waals surface area contributed by atoms with E-state index in [2.05, 4.69) is 25.0 Å². The van der Waals surface area contributed by atoms with E-state index in [4.69, 9.17) is 0 Å². The Morgan fingerprint density at radius 1 is 1.11 bits per heavy atom. The van der Waals surface area contributed by atoms with Gasteiger partial charge in [0.05, 0.1) is 6.04 Å². The summed E-state index contributed by atoms with van der Waals surface area (Å²) in [6, 6.07) is -0.553. The SMILES string of the molecule is CCc1ncnn1CC(=O)N1CCN(c2sc(C(F)(F)F)nc2-c2cnc(C(F)(F)F)nc2)C[C@H]1CCO. The Balaban J connectivity index is 1.62. The summed E-state index contributed by atoms with van der Waals surface area (Å²) in [6.45, 7) is 1.82. The van der Waals surface area contributed by atoms with E-state index < -0.39 is 29.2 Å². The van der Waals surface area contributed by atoms with Crippen molar-refractivity contribution in [3.63, 3.8) is 0 Å². The molecule has 1 fully saturated rings. The smallest absolute Gasteiger partial charge is 0.396 e. The van der Waals surface area contributed by atoms with Gasteiger partial charge in [-0.15, -0.1) is 0 Å². The molecule has 0 aliphatic carbocycles. The first-order valence-corrected chi connectivity index (χ1v) is 12.2. The molecule has 1 aliphatic heterocycles. The predicted octanol–water partition coefficient (Wildman–Crippen LogP) is 2.89. The fraction of sp³-hybridized carbons (Fsp3) is 0.524. The number of aliphatic hydroxyl groups excluding tert-OH is 1. The van der Waals surface area contributed by atoms with Gasteiger partial charge >= 0.3 is 12.4 Å². The second kappa shape index (κ2) is 10.8. The third-order valence-corrected chi connectivity index (χ3v) is 7.04. The number of hydrogen-bond donors (Lipinski definition) is 1. The van der Waals surface area contributed by atoms with Crippen molar-refractivity contribution in [2.45, 2.75) is 44.7 Å². The molecule has 10 nitrogen and oxygen atoms in total. The maximum atomic E-state index is 13.5. The summed E-state index contributed by atoms with van der Waals surface area (Å²) in [6.07, 6.45) is -5.99. The average Bonchev–Trinajstić information content (AvgIpc) is 3.51. The fourth-order valence-electron chi connectivity index (χ4n) is 4.11. The molecule has 3 aromatic heterocycles. The molecule has 1 saturated heterocycles. The number of halogens is 6. The van der Waals surface area contributed by atoms with Crippen LogP contribution in [0.2, 0.25) is 0 Å². The summed E-state index contributed by atoms with van der Waals surface area (Å²) < 4.78 is 80.7. The fourth-order valence-corrected chi connectivity index (χ4v) is 5.10. The van der Waals surface area contributed by atoms with Crippen molar-refractivity contribution in [1.29, 1.82) is 0 Å². The van der Waals surface area contributed by atoms with Crippen LogP contribution in [0.3, 0.4) is 0 Å². The van der Waals surface area contributed by atoms with E-state index in [0.717, 1.165) is 12.4 Å². The Hall–Kier alpha value is -3.34. The van der Waals surface area contributed by atoms with E-state index in [1.807, 2.05) is 6.92 Å². The number of carbonyl (C=O) groups excluding carboxylic acids is 1. The molecule has 0 spiro atoms. The number of alkyl halides is 6. The van der Waals surface area contributed by atoms with Gasteiger partial charge in [-0.3, -0.25) is 4.79 Å². The Bertz CT molecular complexity index is 1260. The highest BCUT2D eigenvalue weighted by atomic mass is 32.1. The minimum absolute atomic E-state index is 0.0558. The molecule has 0 saturated carbocycles. The summed E-state index contributed by atoms with van der Waals surface area (Å²) >= 11 is 0.340. The summed E-state index contributed by atoms with van der Waals surface area (Å²) in [5.74, 6) is -1.11. The lowest BCUT2D eigenvalue weighted by Crippen LogP contribution is -2.56. The number of carbonyl (C=O) groups is 1. The highest BCUT2D eigenvalue weighted by Crippen LogP contribution is 2.43. The van der Waals surface area contributed by atoms with Crippen molar-refractivity contribution in [1.82, 2.24) is 34.6 Å². The van der Waals surface area contributed by atoms with E-state index in [0.29, 0.717) is 23.6 Å². The maximum absolute atomic E-state index is 13.5. The molecule has 0 radical (unpaired) electrons. The summed E-state index contributed by atoms with van der Waals surface area (Å²) in [7, 11) is 0. The zero-order chi connectivity index (χ0) is 27.7. The van der Waals surface area contributed by atoms with Crippen LogP contribution in [0.15, 0.2) is 18.7 Å². The molecule has 38 heavy (non-hydrogen) atoms. The number of aromatic nitrogens is 6. The van der Waals surface area contributed by atoms with E-state index in [9.17, 15) is 36.2 Å². The molecule has 1 aliphatic rings. The van der Waals surface area contributed by atoms with E-state index in [1.165, 1.54) is 11.0 Å². The van der Waals surface area contributed by atoms with Crippen LogP contribution in [0.4, 0.5) is 31.3 Å². The van der Waals surface area contributed by atoms with E-state index in [1.54, 1.807) is 9.80 Å². The lowest BCUT2D eigenvalue weighted by molar-refractivity contribution is -0.145. The first-order valence-electron chi connectivity index (χ1n) is 11.4. The molecule has 206 valence electrons. The van der Waals surface area contributed by atoms with Crippen molar-refractivity contribution in [3.8, 4) is 11.3 Å². The quantitative estimate of drug-likeness (QED) is 0.436. The monoisotopic (exact) mass is 564 g/mol. The Kier molecular flexibility index (Phi) is 7.87. The van der Waals surface area contributed by atoms with E-state index >= 15 is 0 Å². The molecule has 1 amide bonds. The number of hydrogen-bond acceptors (Lipinski definition) is 9. The van der Waals surface area contributed by atoms with Crippen LogP contribution in [0.25, 0.3) is 11.3 Å². The third kappa shape index (κ3) is 5.87. The zero-order valence-corrected chi connectivity index (χ0v) is 20.7. The van der Waals surface area contributed by atoms with Crippen LogP contribution >= 0.6 is 11.3 Å². The van der Waals surface area contributed by atoms with Crippen molar-refractivity contribution in [2.75, 3.05) is 31.1 Å². The van der Waals surface area contributed by atoms with Gasteiger partial charge in [0, 0.05) is 50.6 Å². The number of rotatable bonds is 7. The maximum Gasteiger partial charge on any atom is 0.451 e. The first kappa shape index (κ1) is 27.7. The second-order valence-corrected chi connectivity index (χ2v) is 9.33. The standard InChI is InChI=1S/C21H22F6N8O2S/c1-2-14-30-11-31-35(14)10-15(37)34-5-4-33(9-13(34)3-6-36)17-16(32-19(38-17)21(25,26)27)12-7-28-18(29-8-12)20(22,23)24/h7-8,11,13,36H,2-6,9-10H2,1H3/t13-/m1/s1. The molecule has 0 aromatic carbocycles. The van der Waals surface area contributed by atoms with Crippen LogP contribution in [-0.4, -0.2) is 77.9 Å². The molecule has 1 N–H and O–H groups in total. The number of amides is 1. The zero-order valence-electron chi connectivity index (χ0n) is 19.9. The van der Waals surface area contributed by atoms with Crippen LogP contribution in [0.5, 0.6) is 0 Å². The molecule has 1 atom stereocenters. The highest BCUT2D eigenvalue weighted by Gasteiger charge is 2.39. The van der Waals surface area contributed by atoms with Gasteiger partial charge in [-0.2, -0.15) is 31.4 Å².